The summed E-state index contributed by atoms with van der Waals surface area (Å²) in [7, 11) is 1.50. The van der Waals surface area contributed by atoms with Crippen LogP contribution in [0.5, 0.6) is 11.5 Å². The number of carbonyl (C=O) groups excluding carboxylic acids is 2. The number of carbonyl (C=O) groups is 2. The molecule has 214 valence electrons. The molecule has 2 amide bonds. The van der Waals surface area contributed by atoms with E-state index in [1.54, 1.807) is 0 Å². The Kier molecular flexibility index (Phi) is 11.2. The molecular weight excluding hydrogens is 557 g/mol. The maximum Gasteiger partial charge on any atom is 0.258 e. The Labute approximate surface area is 236 Å². The van der Waals surface area contributed by atoms with Crippen LogP contribution in [0.2, 0.25) is 10.0 Å². The van der Waals surface area contributed by atoms with Gasteiger partial charge in [0.25, 0.3) is 11.8 Å². The summed E-state index contributed by atoms with van der Waals surface area (Å²) in [5.41, 5.74) is -1.23. The molecule has 2 N–H and O–H groups in total. The van der Waals surface area contributed by atoms with Crippen LogP contribution in [0.25, 0.3) is 0 Å². The highest BCUT2D eigenvalue weighted by molar-refractivity contribution is 6.31. The van der Waals surface area contributed by atoms with E-state index in [9.17, 15) is 18.4 Å². The molecule has 39 heavy (non-hydrogen) atoms. The van der Waals surface area contributed by atoms with E-state index < -0.39 is 28.6 Å². The standard InChI is InChI=1S/C27H32Cl2F2N2O6/c1-3-26(32-24(34)14-38-18-4-6-20(28)22(30)12-18)8-10-27(11-9-26,16-37-17-36-2)33-25(35)15-39-19-5-7-21(29)23(31)13-19/h4-7,12-13H,3,8-11,14-17H2,1-2H3,(H,32,34)(H,33,35). The molecule has 0 unspecified atom stereocenters. The van der Waals surface area contributed by atoms with Gasteiger partial charge in [-0.2, -0.15) is 0 Å². The number of methoxy groups -OCH3 is 1. The van der Waals surface area contributed by atoms with Crippen molar-refractivity contribution in [3.63, 3.8) is 0 Å². The van der Waals surface area contributed by atoms with Crippen molar-refractivity contribution in [2.75, 3.05) is 33.7 Å². The largest absolute Gasteiger partial charge is 0.484 e. The highest BCUT2D eigenvalue weighted by Crippen LogP contribution is 2.37. The molecule has 0 bridgehead atoms. The molecule has 12 heteroatoms. The number of benzene rings is 2. The lowest BCUT2D eigenvalue weighted by molar-refractivity contribution is -0.130. The number of halogens is 4. The van der Waals surface area contributed by atoms with E-state index in [0.29, 0.717) is 32.1 Å². The van der Waals surface area contributed by atoms with Gasteiger partial charge in [0, 0.05) is 24.8 Å². The number of ether oxygens (including phenoxy) is 4. The first-order chi connectivity index (χ1) is 18.6. The van der Waals surface area contributed by atoms with E-state index >= 15 is 0 Å². The fraction of sp³-hybridized carbons (Fsp3) is 0.481. The number of hydrogen-bond acceptors (Lipinski definition) is 6. The summed E-state index contributed by atoms with van der Waals surface area (Å²) in [4.78, 5) is 25.5. The summed E-state index contributed by atoms with van der Waals surface area (Å²) in [5, 5.41) is 6.00. The molecular formula is C27H32Cl2F2N2O6. The second-order valence-corrected chi connectivity index (χ2v) is 10.3. The van der Waals surface area contributed by atoms with Crippen LogP contribution >= 0.6 is 23.2 Å². The van der Waals surface area contributed by atoms with E-state index in [1.807, 2.05) is 6.92 Å². The second-order valence-electron chi connectivity index (χ2n) is 9.49. The predicted octanol–water partition coefficient (Wildman–Crippen LogP) is 5.04. The molecule has 2 aromatic rings. The third kappa shape index (κ3) is 8.93. The van der Waals surface area contributed by atoms with Crippen molar-refractivity contribution in [3.05, 3.63) is 58.1 Å². The Morgan fingerprint density at radius 3 is 1.74 bits per heavy atom. The third-order valence-electron chi connectivity index (χ3n) is 6.75. The monoisotopic (exact) mass is 588 g/mol. The van der Waals surface area contributed by atoms with Crippen LogP contribution in [0.3, 0.4) is 0 Å². The SMILES string of the molecule is CCC1(NC(=O)COc2ccc(Cl)c(F)c2)CCC(COCOC)(NC(=O)COc2ccc(Cl)c(F)c2)CC1. The molecule has 0 aliphatic heterocycles. The topological polar surface area (TPSA) is 95.1 Å². The fourth-order valence-electron chi connectivity index (χ4n) is 4.49. The van der Waals surface area contributed by atoms with E-state index in [0.717, 1.165) is 12.1 Å². The van der Waals surface area contributed by atoms with Gasteiger partial charge < -0.3 is 29.6 Å². The molecule has 0 atom stereocenters. The minimum absolute atomic E-state index is 0.0329. The number of nitrogens with one attached hydrogen (secondary N) is 2. The van der Waals surface area contributed by atoms with Crippen molar-refractivity contribution in [1.29, 1.82) is 0 Å². The van der Waals surface area contributed by atoms with Gasteiger partial charge in [-0.25, -0.2) is 8.78 Å². The van der Waals surface area contributed by atoms with Gasteiger partial charge in [-0.15, -0.1) is 0 Å². The van der Waals surface area contributed by atoms with Crippen molar-refractivity contribution in [2.45, 2.75) is 50.1 Å². The highest BCUT2D eigenvalue weighted by atomic mass is 35.5. The number of amides is 2. The average molecular weight is 589 g/mol. The summed E-state index contributed by atoms with van der Waals surface area (Å²) in [6, 6.07) is 7.90. The van der Waals surface area contributed by atoms with Gasteiger partial charge in [-0.05, 0) is 56.4 Å². The zero-order valence-electron chi connectivity index (χ0n) is 21.8. The van der Waals surface area contributed by atoms with Gasteiger partial charge in [0.05, 0.1) is 22.2 Å². The first-order valence-electron chi connectivity index (χ1n) is 12.4. The van der Waals surface area contributed by atoms with Gasteiger partial charge in [0.2, 0.25) is 0 Å². The molecule has 1 saturated carbocycles. The molecule has 1 aliphatic rings. The first kappa shape index (κ1) is 30.9. The van der Waals surface area contributed by atoms with Crippen LogP contribution in [-0.2, 0) is 19.1 Å². The molecule has 2 aromatic carbocycles. The molecule has 8 nitrogen and oxygen atoms in total. The highest BCUT2D eigenvalue weighted by Gasteiger charge is 2.44. The van der Waals surface area contributed by atoms with Crippen LogP contribution in [0.15, 0.2) is 36.4 Å². The average Bonchev–Trinajstić information content (AvgIpc) is 2.92. The zero-order valence-corrected chi connectivity index (χ0v) is 23.3. The van der Waals surface area contributed by atoms with Gasteiger partial charge in [-0.3, -0.25) is 9.59 Å². The predicted molar refractivity (Wildman–Crippen MR) is 142 cm³/mol. The summed E-state index contributed by atoms with van der Waals surface area (Å²) in [6.07, 6.45) is 2.79. The molecule has 0 aromatic heterocycles. The molecule has 0 radical (unpaired) electrons. The quantitative estimate of drug-likeness (QED) is 0.251. The smallest absolute Gasteiger partial charge is 0.258 e. The van der Waals surface area contributed by atoms with Gasteiger partial charge in [0.1, 0.15) is 29.9 Å². The van der Waals surface area contributed by atoms with Gasteiger partial charge in [0.15, 0.2) is 13.2 Å². The van der Waals surface area contributed by atoms with E-state index in [2.05, 4.69) is 10.6 Å². The van der Waals surface area contributed by atoms with Crippen LogP contribution in [0.4, 0.5) is 8.78 Å². The van der Waals surface area contributed by atoms with Gasteiger partial charge >= 0.3 is 0 Å². The van der Waals surface area contributed by atoms with E-state index in [4.69, 9.17) is 42.1 Å². The van der Waals surface area contributed by atoms with Crippen LogP contribution in [-0.4, -0.2) is 56.6 Å². The normalized spacial score (nSPS) is 20.8. The Balaban J connectivity index is 1.58. The number of rotatable bonds is 13. The Bertz CT molecular complexity index is 1150. The Morgan fingerprint density at radius 2 is 1.31 bits per heavy atom. The maximum atomic E-state index is 13.7. The summed E-state index contributed by atoms with van der Waals surface area (Å²) < 4.78 is 48.8. The summed E-state index contributed by atoms with van der Waals surface area (Å²) >= 11 is 11.4. The van der Waals surface area contributed by atoms with Crippen LogP contribution in [0.1, 0.15) is 39.0 Å². The summed E-state index contributed by atoms with van der Waals surface area (Å²) in [6.45, 7) is 1.61. The summed E-state index contributed by atoms with van der Waals surface area (Å²) in [5.74, 6) is -1.65. The molecule has 0 spiro atoms. The molecule has 1 aliphatic carbocycles. The van der Waals surface area contributed by atoms with Gasteiger partial charge in [-0.1, -0.05) is 30.1 Å². The lowest BCUT2D eigenvalue weighted by atomic mass is 9.71. The zero-order chi connectivity index (χ0) is 28.5. The maximum absolute atomic E-state index is 13.7. The Morgan fingerprint density at radius 1 is 0.846 bits per heavy atom. The molecule has 0 heterocycles. The van der Waals surface area contributed by atoms with E-state index in [1.165, 1.54) is 31.4 Å². The fourth-order valence-corrected chi connectivity index (χ4v) is 4.73. The minimum atomic E-state index is -0.717. The molecule has 1 fully saturated rings. The van der Waals surface area contributed by atoms with Crippen LogP contribution < -0.4 is 20.1 Å². The third-order valence-corrected chi connectivity index (χ3v) is 7.36. The Hall–Kier alpha value is -2.66. The van der Waals surface area contributed by atoms with Crippen molar-refractivity contribution in [1.82, 2.24) is 10.6 Å². The van der Waals surface area contributed by atoms with Crippen molar-refractivity contribution >= 4 is 35.0 Å². The van der Waals surface area contributed by atoms with E-state index in [-0.39, 0.29) is 54.1 Å². The van der Waals surface area contributed by atoms with Crippen LogP contribution in [0, 0.1) is 11.6 Å². The number of hydrogen-bond donors (Lipinski definition) is 2. The van der Waals surface area contributed by atoms with Crippen molar-refractivity contribution in [2.24, 2.45) is 0 Å². The lowest BCUT2D eigenvalue weighted by Gasteiger charge is -2.46. The second kappa shape index (κ2) is 14.1. The van der Waals surface area contributed by atoms with Crippen molar-refractivity contribution in [3.8, 4) is 11.5 Å². The first-order valence-corrected chi connectivity index (χ1v) is 13.2. The minimum Gasteiger partial charge on any atom is -0.484 e. The van der Waals surface area contributed by atoms with Crippen molar-refractivity contribution < 1.29 is 37.3 Å². The molecule has 3 rings (SSSR count). The molecule has 0 saturated heterocycles. The lowest BCUT2D eigenvalue weighted by Crippen LogP contribution is -2.61.